The standard InChI is InChI=1S/C25H20Cl2N2O2/c1-16-3-4-17(2)23(11-16)29-25(30)20(14-28)12-19-7-10-24(22(27)13-19)31-15-18-5-8-21(26)9-6-18/h3-13H,15H2,1-2H3,(H,29,30)/b20-12+. The second-order valence-corrected chi connectivity index (χ2v) is 7.89. The van der Waals surface area contributed by atoms with Crippen molar-refractivity contribution in [2.45, 2.75) is 20.5 Å². The molecule has 3 rings (SSSR count). The van der Waals surface area contributed by atoms with Crippen LogP contribution in [0.3, 0.4) is 0 Å². The highest BCUT2D eigenvalue weighted by molar-refractivity contribution is 6.32. The second-order valence-electron chi connectivity index (χ2n) is 7.05. The first-order chi connectivity index (χ1) is 14.9. The number of nitrogens with zero attached hydrogens (tertiary/aromatic N) is 1. The van der Waals surface area contributed by atoms with Crippen LogP contribution < -0.4 is 10.1 Å². The Bertz CT molecular complexity index is 1180. The van der Waals surface area contributed by atoms with Crippen LogP contribution in [0.4, 0.5) is 5.69 Å². The molecule has 0 atom stereocenters. The van der Waals surface area contributed by atoms with Crippen LogP contribution in [0.25, 0.3) is 6.08 Å². The highest BCUT2D eigenvalue weighted by atomic mass is 35.5. The van der Waals surface area contributed by atoms with Gasteiger partial charge in [0.25, 0.3) is 5.91 Å². The molecule has 1 N–H and O–H groups in total. The van der Waals surface area contributed by atoms with Crippen LogP contribution >= 0.6 is 23.2 Å². The maximum atomic E-state index is 12.6. The molecule has 3 aromatic rings. The first-order valence-electron chi connectivity index (χ1n) is 9.53. The summed E-state index contributed by atoms with van der Waals surface area (Å²) in [7, 11) is 0. The van der Waals surface area contributed by atoms with Gasteiger partial charge in [-0.25, -0.2) is 0 Å². The molecule has 0 aromatic heterocycles. The normalized spacial score (nSPS) is 11.0. The van der Waals surface area contributed by atoms with Crippen molar-refractivity contribution in [3.63, 3.8) is 0 Å². The zero-order chi connectivity index (χ0) is 22.4. The summed E-state index contributed by atoms with van der Waals surface area (Å²) in [5.41, 5.74) is 4.17. The quantitative estimate of drug-likeness (QED) is 0.334. The van der Waals surface area contributed by atoms with Crippen molar-refractivity contribution >= 4 is 40.9 Å². The van der Waals surface area contributed by atoms with Gasteiger partial charge in [-0.3, -0.25) is 4.79 Å². The minimum Gasteiger partial charge on any atom is -0.487 e. The summed E-state index contributed by atoms with van der Waals surface area (Å²) >= 11 is 12.2. The number of ether oxygens (including phenoxy) is 1. The molecule has 0 aliphatic heterocycles. The molecule has 0 aliphatic carbocycles. The summed E-state index contributed by atoms with van der Waals surface area (Å²) in [5.74, 6) is 0.0301. The molecule has 0 aliphatic rings. The fourth-order valence-electron chi connectivity index (χ4n) is 2.84. The molecule has 156 valence electrons. The highest BCUT2D eigenvalue weighted by Gasteiger charge is 2.12. The fraction of sp³-hybridized carbons (Fsp3) is 0.120. The zero-order valence-corrected chi connectivity index (χ0v) is 18.6. The summed E-state index contributed by atoms with van der Waals surface area (Å²) in [6.07, 6.45) is 1.50. The van der Waals surface area contributed by atoms with Gasteiger partial charge in [0.2, 0.25) is 0 Å². The molecule has 31 heavy (non-hydrogen) atoms. The largest absolute Gasteiger partial charge is 0.487 e. The van der Waals surface area contributed by atoms with Crippen molar-refractivity contribution in [1.29, 1.82) is 5.26 Å². The van der Waals surface area contributed by atoms with E-state index in [0.29, 0.717) is 33.7 Å². The number of benzene rings is 3. The summed E-state index contributed by atoms with van der Waals surface area (Å²) in [5, 5.41) is 13.3. The zero-order valence-electron chi connectivity index (χ0n) is 17.1. The van der Waals surface area contributed by atoms with Crippen molar-refractivity contribution in [2.75, 3.05) is 5.32 Å². The molecule has 0 bridgehead atoms. The van der Waals surface area contributed by atoms with Crippen LogP contribution in [0.15, 0.2) is 66.2 Å². The van der Waals surface area contributed by atoms with E-state index < -0.39 is 5.91 Å². The van der Waals surface area contributed by atoms with Crippen LogP contribution in [-0.4, -0.2) is 5.91 Å². The number of carbonyl (C=O) groups is 1. The van der Waals surface area contributed by atoms with Crippen molar-refractivity contribution in [2.24, 2.45) is 0 Å². The molecule has 6 heteroatoms. The van der Waals surface area contributed by atoms with E-state index >= 15 is 0 Å². The molecule has 0 saturated heterocycles. The van der Waals surface area contributed by atoms with Gasteiger partial charge in [-0.15, -0.1) is 0 Å². The average Bonchev–Trinajstić information content (AvgIpc) is 2.75. The van der Waals surface area contributed by atoms with Gasteiger partial charge in [-0.2, -0.15) is 5.26 Å². The summed E-state index contributed by atoms with van der Waals surface area (Å²) in [6, 6.07) is 20.1. The monoisotopic (exact) mass is 450 g/mol. The molecule has 0 heterocycles. The number of halogens is 2. The van der Waals surface area contributed by atoms with E-state index in [-0.39, 0.29) is 5.57 Å². The Morgan fingerprint density at radius 1 is 1.06 bits per heavy atom. The third-order valence-corrected chi connectivity index (χ3v) is 5.13. The van der Waals surface area contributed by atoms with Crippen LogP contribution in [-0.2, 0) is 11.4 Å². The van der Waals surface area contributed by atoms with E-state index in [4.69, 9.17) is 27.9 Å². The lowest BCUT2D eigenvalue weighted by Gasteiger charge is -2.10. The number of aryl methyl sites for hydroxylation is 2. The maximum absolute atomic E-state index is 12.6. The van der Waals surface area contributed by atoms with E-state index in [2.05, 4.69) is 5.32 Å². The average molecular weight is 451 g/mol. The Labute approximate surface area is 191 Å². The predicted molar refractivity (Wildman–Crippen MR) is 125 cm³/mol. The van der Waals surface area contributed by atoms with Gasteiger partial charge in [-0.1, -0.05) is 53.5 Å². The number of hydrogen-bond acceptors (Lipinski definition) is 3. The number of carbonyl (C=O) groups excluding carboxylic acids is 1. The van der Waals surface area contributed by atoms with Crippen LogP contribution in [0, 0.1) is 25.2 Å². The Balaban J connectivity index is 1.72. The number of amides is 1. The van der Waals surface area contributed by atoms with E-state index in [0.717, 1.165) is 16.7 Å². The molecular formula is C25H20Cl2N2O2. The molecule has 3 aromatic carbocycles. The van der Waals surface area contributed by atoms with Crippen LogP contribution in [0.2, 0.25) is 10.0 Å². The minimum atomic E-state index is -0.476. The van der Waals surface area contributed by atoms with Crippen molar-refractivity contribution in [3.05, 3.63) is 98.5 Å². The number of nitrogens with one attached hydrogen (secondary N) is 1. The number of rotatable bonds is 6. The molecule has 4 nitrogen and oxygen atoms in total. The van der Waals surface area contributed by atoms with Gasteiger partial charge in [0.1, 0.15) is 24.0 Å². The van der Waals surface area contributed by atoms with Gasteiger partial charge < -0.3 is 10.1 Å². The fourth-order valence-corrected chi connectivity index (χ4v) is 3.21. The summed E-state index contributed by atoms with van der Waals surface area (Å²) in [6.45, 7) is 4.18. The molecule has 0 unspecified atom stereocenters. The number of nitriles is 1. The molecule has 0 spiro atoms. The summed E-state index contributed by atoms with van der Waals surface area (Å²) in [4.78, 5) is 12.6. The van der Waals surface area contributed by atoms with E-state index in [9.17, 15) is 10.1 Å². The molecule has 0 radical (unpaired) electrons. The second kappa shape index (κ2) is 10.2. The third-order valence-electron chi connectivity index (χ3n) is 4.58. The van der Waals surface area contributed by atoms with Gasteiger partial charge in [0.05, 0.1) is 5.02 Å². The summed E-state index contributed by atoms with van der Waals surface area (Å²) < 4.78 is 5.76. The Hall–Kier alpha value is -3.26. The van der Waals surface area contributed by atoms with E-state index in [1.54, 1.807) is 30.3 Å². The van der Waals surface area contributed by atoms with E-state index in [1.807, 2.05) is 50.2 Å². The van der Waals surface area contributed by atoms with Crippen molar-refractivity contribution in [1.82, 2.24) is 0 Å². The van der Waals surface area contributed by atoms with Crippen molar-refractivity contribution in [3.8, 4) is 11.8 Å². The Morgan fingerprint density at radius 2 is 1.81 bits per heavy atom. The van der Waals surface area contributed by atoms with Crippen LogP contribution in [0.1, 0.15) is 22.3 Å². The molecule has 0 fully saturated rings. The Kier molecular flexibility index (Phi) is 7.36. The number of hydrogen-bond donors (Lipinski definition) is 1. The third kappa shape index (κ3) is 6.11. The predicted octanol–water partition coefficient (Wildman–Crippen LogP) is 6.73. The van der Waals surface area contributed by atoms with Crippen molar-refractivity contribution < 1.29 is 9.53 Å². The Morgan fingerprint density at radius 3 is 2.48 bits per heavy atom. The SMILES string of the molecule is Cc1ccc(C)c(NC(=O)/C(C#N)=C/c2ccc(OCc3ccc(Cl)cc3)c(Cl)c2)c1. The molecular weight excluding hydrogens is 431 g/mol. The minimum absolute atomic E-state index is 0.0215. The lowest BCUT2D eigenvalue weighted by Crippen LogP contribution is -2.14. The maximum Gasteiger partial charge on any atom is 0.266 e. The first-order valence-corrected chi connectivity index (χ1v) is 10.3. The first kappa shape index (κ1) is 22.4. The van der Waals surface area contributed by atoms with Gasteiger partial charge in [0, 0.05) is 10.7 Å². The van der Waals surface area contributed by atoms with Gasteiger partial charge >= 0.3 is 0 Å². The van der Waals surface area contributed by atoms with Gasteiger partial charge in [-0.05, 0) is 72.5 Å². The molecule has 0 saturated carbocycles. The highest BCUT2D eigenvalue weighted by Crippen LogP contribution is 2.27. The lowest BCUT2D eigenvalue weighted by molar-refractivity contribution is -0.112. The number of anilines is 1. The van der Waals surface area contributed by atoms with Gasteiger partial charge in [0.15, 0.2) is 0 Å². The lowest BCUT2D eigenvalue weighted by atomic mass is 10.1. The van der Waals surface area contributed by atoms with Crippen LogP contribution in [0.5, 0.6) is 5.75 Å². The topological polar surface area (TPSA) is 62.1 Å². The smallest absolute Gasteiger partial charge is 0.266 e. The molecule has 1 amide bonds. The van der Waals surface area contributed by atoms with E-state index in [1.165, 1.54) is 6.08 Å².